The van der Waals surface area contributed by atoms with Crippen molar-refractivity contribution >= 4 is 11.8 Å². The van der Waals surface area contributed by atoms with Crippen molar-refractivity contribution in [1.82, 2.24) is 4.90 Å². The molecule has 0 aromatic carbocycles. The molecule has 3 heteroatoms. The van der Waals surface area contributed by atoms with Gasteiger partial charge in [-0.3, -0.25) is 4.90 Å². The summed E-state index contributed by atoms with van der Waals surface area (Å²) in [7, 11) is 0. The zero-order valence-electron chi connectivity index (χ0n) is 21.5. The summed E-state index contributed by atoms with van der Waals surface area (Å²) in [5.74, 6) is 5.96. The molecule has 8 fully saturated rings. The number of ether oxygens (including phenoxy) is 1. The van der Waals surface area contributed by atoms with Crippen LogP contribution in [-0.2, 0) is 4.74 Å². The molecule has 0 N–H and O–H groups in total. The molecule has 0 spiro atoms. The molecule has 0 radical (unpaired) electrons. The maximum Gasteiger partial charge on any atom is 0.0621 e. The Bertz CT molecular complexity index is 736. The SMILES string of the molecule is C1CCC2C(C1)CC1CCCCC1N2C1CCCC2C3CCC4OC5CCCCC5C4C3SC21. The van der Waals surface area contributed by atoms with Crippen LogP contribution in [0.15, 0.2) is 0 Å². The molecular weight excluding hydrogens is 434 g/mol. The van der Waals surface area contributed by atoms with Gasteiger partial charge in [0.25, 0.3) is 0 Å². The van der Waals surface area contributed by atoms with Crippen LogP contribution in [0.3, 0.4) is 0 Å². The van der Waals surface area contributed by atoms with Gasteiger partial charge in [-0.25, -0.2) is 0 Å². The highest BCUT2D eigenvalue weighted by Crippen LogP contribution is 2.62. The Labute approximate surface area is 213 Å². The van der Waals surface area contributed by atoms with Gasteiger partial charge in [-0.1, -0.05) is 44.9 Å². The lowest BCUT2D eigenvalue weighted by Crippen LogP contribution is -2.63. The Morgan fingerprint density at radius 1 is 0.500 bits per heavy atom. The third kappa shape index (κ3) is 3.40. The minimum absolute atomic E-state index is 0.626. The number of nitrogens with zero attached hydrogens (tertiary/aromatic N) is 1. The average Bonchev–Trinajstić information content (AvgIpc) is 3.45. The van der Waals surface area contributed by atoms with Gasteiger partial charge < -0.3 is 4.74 Å². The number of fused-ring (bicyclic) bond motifs is 9. The first-order valence-electron chi connectivity index (χ1n) is 15.9. The van der Waals surface area contributed by atoms with E-state index in [2.05, 4.69) is 16.7 Å². The Balaban J connectivity index is 1.10. The van der Waals surface area contributed by atoms with Crippen LogP contribution in [0.5, 0.6) is 0 Å². The molecule has 190 valence electrons. The quantitative estimate of drug-likeness (QED) is 0.384. The standard InChI is InChI=1S/C31H49NOS/c1-4-12-24-19(8-1)18-20-9-2-5-13-25(20)32(24)26-14-7-11-21-22-16-17-28-29(31(22)34-30(21)26)23-10-3-6-15-27(23)33-28/h19-31H,1-18H2. The predicted octanol–water partition coefficient (Wildman–Crippen LogP) is 7.45. The van der Waals surface area contributed by atoms with Crippen molar-refractivity contribution in [3.8, 4) is 0 Å². The summed E-state index contributed by atoms with van der Waals surface area (Å²) in [6.07, 6.45) is 28.3. The first-order valence-corrected chi connectivity index (χ1v) is 16.9. The molecule has 3 aliphatic heterocycles. The number of hydrogen-bond acceptors (Lipinski definition) is 3. The third-order valence-corrected chi connectivity index (χ3v) is 14.8. The van der Waals surface area contributed by atoms with E-state index in [1.807, 2.05) is 0 Å². The van der Waals surface area contributed by atoms with Crippen LogP contribution in [0.25, 0.3) is 0 Å². The lowest BCUT2D eigenvalue weighted by Gasteiger charge is -2.58. The monoisotopic (exact) mass is 483 g/mol. The number of likely N-dealkylation sites (tertiary alicyclic amines) is 1. The molecule has 8 aliphatic rings. The van der Waals surface area contributed by atoms with Crippen molar-refractivity contribution in [3.63, 3.8) is 0 Å². The van der Waals surface area contributed by atoms with E-state index in [0.717, 1.165) is 64.1 Å². The fourth-order valence-electron chi connectivity index (χ4n) is 11.7. The second kappa shape index (κ2) is 8.93. The predicted molar refractivity (Wildman–Crippen MR) is 141 cm³/mol. The smallest absolute Gasteiger partial charge is 0.0621 e. The zero-order valence-corrected chi connectivity index (χ0v) is 22.3. The van der Waals surface area contributed by atoms with Gasteiger partial charge in [-0.05, 0) is 100 Å². The van der Waals surface area contributed by atoms with E-state index in [4.69, 9.17) is 4.74 Å². The molecular formula is C31H49NOS. The van der Waals surface area contributed by atoms with E-state index in [-0.39, 0.29) is 0 Å². The minimum Gasteiger partial charge on any atom is -0.374 e. The topological polar surface area (TPSA) is 12.5 Å². The van der Waals surface area contributed by atoms with E-state index >= 15 is 0 Å². The fraction of sp³-hybridized carbons (Fsp3) is 1.00. The number of hydrogen-bond donors (Lipinski definition) is 0. The molecule has 0 aromatic heterocycles. The van der Waals surface area contributed by atoms with Crippen LogP contribution in [0, 0.1) is 35.5 Å². The van der Waals surface area contributed by atoms with Gasteiger partial charge in [0.05, 0.1) is 12.2 Å². The molecule has 3 heterocycles. The minimum atomic E-state index is 0.626. The molecule has 13 atom stereocenters. The van der Waals surface area contributed by atoms with Gasteiger partial charge in [0, 0.05) is 34.5 Å². The Morgan fingerprint density at radius 2 is 1.15 bits per heavy atom. The third-order valence-electron chi connectivity index (χ3n) is 12.8. The molecule has 0 bridgehead atoms. The largest absolute Gasteiger partial charge is 0.374 e. The van der Waals surface area contributed by atoms with Crippen molar-refractivity contribution in [2.75, 3.05) is 0 Å². The Morgan fingerprint density at radius 3 is 1.97 bits per heavy atom. The maximum atomic E-state index is 6.79. The normalized spacial score (nSPS) is 57.0. The summed E-state index contributed by atoms with van der Waals surface area (Å²) < 4.78 is 6.79. The fourth-order valence-corrected chi connectivity index (χ4v) is 14.1. The van der Waals surface area contributed by atoms with Crippen LogP contribution in [0.2, 0.25) is 0 Å². The summed E-state index contributed by atoms with van der Waals surface area (Å²) in [6.45, 7) is 0. The molecule has 3 saturated heterocycles. The lowest BCUT2D eigenvalue weighted by atomic mass is 9.63. The average molecular weight is 484 g/mol. The molecule has 8 rings (SSSR count). The first-order chi connectivity index (χ1) is 16.9. The Hall–Kier alpha value is 0.270. The highest BCUT2D eigenvalue weighted by Gasteiger charge is 2.61. The highest BCUT2D eigenvalue weighted by atomic mass is 32.2. The molecule has 0 aromatic rings. The number of thioether (sulfide) groups is 1. The molecule has 0 amide bonds. The molecule has 34 heavy (non-hydrogen) atoms. The van der Waals surface area contributed by atoms with E-state index in [1.54, 1.807) is 25.7 Å². The van der Waals surface area contributed by atoms with E-state index in [1.165, 1.54) is 89.9 Å². The van der Waals surface area contributed by atoms with Crippen LogP contribution in [0.1, 0.15) is 116 Å². The van der Waals surface area contributed by atoms with E-state index in [9.17, 15) is 0 Å². The van der Waals surface area contributed by atoms with E-state index < -0.39 is 0 Å². The summed E-state index contributed by atoms with van der Waals surface area (Å²) >= 11 is 2.57. The van der Waals surface area contributed by atoms with Gasteiger partial charge in [0.15, 0.2) is 0 Å². The van der Waals surface area contributed by atoms with Gasteiger partial charge >= 0.3 is 0 Å². The van der Waals surface area contributed by atoms with Crippen LogP contribution in [0.4, 0.5) is 0 Å². The van der Waals surface area contributed by atoms with Crippen molar-refractivity contribution in [1.29, 1.82) is 0 Å². The maximum absolute atomic E-state index is 6.79. The van der Waals surface area contributed by atoms with Crippen LogP contribution >= 0.6 is 11.8 Å². The van der Waals surface area contributed by atoms with Crippen molar-refractivity contribution < 1.29 is 4.74 Å². The summed E-state index contributed by atoms with van der Waals surface area (Å²) in [4.78, 5) is 3.32. The van der Waals surface area contributed by atoms with Gasteiger partial charge in [-0.15, -0.1) is 0 Å². The summed E-state index contributed by atoms with van der Waals surface area (Å²) in [5.41, 5.74) is 0. The van der Waals surface area contributed by atoms with Gasteiger partial charge in [-0.2, -0.15) is 11.8 Å². The van der Waals surface area contributed by atoms with E-state index in [0.29, 0.717) is 12.2 Å². The van der Waals surface area contributed by atoms with Crippen LogP contribution in [-0.4, -0.2) is 45.7 Å². The van der Waals surface area contributed by atoms with Crippen LogP contribution < -0.4 is 0 Å². The summed E-state index contributed by atoms with van der Waals surface area (Å²) in [6, 6.07) is 2.81. The molecule has 5 aliphatic carbocycles. The van der Waals surface area contributed by atoms with Crippen molar-refractivity contribution in [3.05, 3.63) is 0 Å². The van der Waals surface area contributed by atoms with Gasteiger partial charge in [0.1, 0.15) is 0 Å². The second-order valence-corrected chi connectivity index (χ2v) is 15.5. The molecule has 5 saturated carbocycles. The zero-order chi connectivity index (χ0) is 22.2. The number of piperidine rings is 1. The second-order valence-electron chi connectivity index (χ2n) is 14.1. The lowest BCUT2D eigenvalue weighted by molar-refractivity contribution is -0.0767. The summed E-state index contributed by atoms with van der Waals surface area (Å²) in [5, 5.41) is 1.89. The van der Waals surface area contributed by atoms with Crippen molar-refractivity contribution in [2.24, 2.45) is 35.5 Å². The highest BCUT2D eigenvalue weighted by molar-refractivity contribution is 8.00. The molecule has 2 nitrogen and oxygen atoms in total. The molecule has 13 unspecified atom stereocenters. The first kappa shape index (κ1) is 22.3. The number of rotatable bonds is 1. The Kier molecular flexibility index (Phi) is 5.85. The van der Waals surface area contributed by atoms with Gasteiger partial charge in [0.2, 0.25) is 0 Å². The van der Waals surface area contributed by atoms with Crippen molar-refractivity contribution in [2.45, 2.75) is 156 Å².